The summed E-state index contributed by atoms with van der Waals surface area (Å²) in [6, 6.07) is 7.66. The molecule has 2 saturated heterocycles. The van der Waals surface area contributed by atoms with Crippen LogP contribution >= 0.6 is 0 Å². The van der Waals surface area contributed by atoms with Crippen molar-refractivity contribution in [3.8, 4) is 0 Å². The molecule has 0 radical (unpaired) electrons. The lowest BCUT2D eigenvalue weighted by Crippen LogP contribution is -2.34. The van der Waals surface area contributed by atoms with Gasteiger partial charge in [-0.3, -0.25) is 9.59 Å². The van der Waals surface area contributed by atoms with Gasteiger partial charge in [-0.2, -0.15) is 0 Å². The molecule has 1 aromatic rings. The first-order valence-corrected chi connectivity index (χ1v) is 10.7. The smallest absolute Gasteiger partial charge is 0.253 e. The summed E-state index contributed by atoms with van der Waals surface area (Å²) in [6.45, 7) is 3.16. The van der Waals surface area contributed by atoms with Gasteiger partial charge >= 0.3 is 0 Å². The Bertz CT molecular complexity index is 714. The van der Waals surface area contributed by atoms with E-state index < -0.39 is 0 Å². The van der Waals surface area contributed by atoms with Gasteiger partial charge in [-0.25, -0.2) is 0 Å². The zero-order valence-electron chi connectivity index (χ0n) is 16.3. The second kappa shape index (κ2) is 6.85. The van der Waals surface area contributed by atoms with Gasteiger partial charge in [0.25, 0.3) is 11.8 Å². The largest absolute Gasteiger partial charge is 0.338 e. The normalized spacial score (nSPS) is 36.6. The van der Waals surface area contributed by atoms with E-state index in [4.69, 9.17) is 11.5 Å². The third kappa shape index (κ3) is 2.94. The zero-order valence-corrected chi connectivity index (χ0v) is 16.3. The molecule has 4 aliphatic rings. The first kappa shape index (κ1) is 18.1. The summed E-state index contributed by atoms with van der Waals surface area (Å²) >= 11 is 0. The molecule has 6 unspecified atom stereocenters. The molecule has 1 aromatic carbocycles. The lowest BCUT2D eigenvalue weighted by molar-refractivity contribution is 0.0767. The van der Waals surface area contributed by atoms with Crippen molar-refractivity contribution in [2.45, 2.75) is 37.8 Å². The van der Waals surface area contributed by atoms with Crippen LogP contribution in [0, 0.1) is 23.7 Å². The maximum atomic E-state index is 12.9. The van der Waals surface area contributed by atoms with Crippen molar-refractivity contribution < 1.29 is 9.59 Å². The minimum atomic E-state index is 0.0577. The van der Waals surface area contributed by atoms with E-state index in [-0.39, 0.29) is 23.9 Å². The second-order valence-electron chi connectivity index (χ2n) is 9.33. The van der Waals surface area contributed by atoms with Crippen molar-refractivity contribution in [3.63, 3.8) is 0 Å². The van der Waals surface area contributed by atoms with Gasteiger partial charge in [0.1, 0.15) is 0 Å². The summed E-state index contributed by atoms with van der Waals surface area (Å²) in [5.74, 6) is 2.13. The second-order valence-corrected chi connectivity index (χ2v) is 9.33. The maximum absolute atomic E-state index is 12.9. The van der Waals surface area contributed by atoms with Crippen molar-refractivity contribution in [1.82, 2.24) is 9.80 Å². The van der Waals surface area contributed by atoms with E-state index in [0.29, 0.717) is 34.8 Å². The van der Waals surface area contributed by atoms with Crippen molar-refractivity contribution in [2.75, 3.05) is 26.2 Å². The SMILES string of the molecule is NC1CCC2CN(C(=O)c3ccc(C(=O)N4CC5CCC(N)C5C4)cc3)CC12. The van der Waals surface area contributed by atoms with Crippen LogP contribution in [-0.2, 0) is 0 Å². The first-order valence-electron chi connectivity index (χ1n) is 10.7. The van der Waals surface area contributed by atoms with Crippen molar-refractivity contribution >= 4 is 11.8 Å². The number of hydrogen-bond acceptors (Lipinski definition) is 4. The highest BCUT2D eigenvalue weighted by Gasteiger charge is 2.43. The van der Waals surface area contributed by atoms with Crippen molar-refractivity contribution in [1.29, 1.82) is 0 Å². The first-order chi connectivity index (χ1) is 13.5. The van der Waals surface area contributed by atoms with Crippen LogP contribution in [0.15, 0.2) is 24.3 Å². The molecule has 2 saturated carbocycles. The van der Waals surface area contributed by atoms with Gasteiger partial charge in [-0.05, 0) is 73.6 Å². The summed E-state index contributed by atoms with van der Waals surface area (Å²) in [4.78, 5) is 29.6. The van der Waals surface area contributed by atoms with Crippen LogP contribution in [0.25, 0.3) is 0 Å². The van der Waals surface area contributed by atoms with Crippen LogP contribution in [0.3, 0.4) is 0 Å². The zero-order chi connectivity index (χ0) is 19.4. The van der Waals surface area contributed by atoms with Gasteiger partial charge in [-0.1, -0.05) is 0 Å². The molecule has 0 aromatic heterocycles. The Balaban J connectivity index is 1.24. The predicted octanol–water partition coefficient (Wildman–Crippen LogP) is 1.31. The Morgan fingerprint density at radius 3 is 1.43 bits per heavy atom. The lowest BCUT2D eigenvalue weighted by Gasteiger charge is -2.20. The standard InChI is InChI=1S/C22H30N4O2/c23-19-7-5-15-9-25(11-17(15)19)21(27)13-1-2-14(4-3-13)22(28)26-10-16-6-8-20(24)18(16)12-26/h1-4,15-20H,5-12,23-24H2. The number of amides is 2. The summed E-state index contributed by atoms with van der Waals surface area (Å²) in [5.41, 5.74) is 13.7. The third-order valence-electron chi connectivity index (χ3n) is 7.78. The summed E-state index contributed by atoms with van der Waals surface area (Å²) < 4.78 is 0. The monoisotopic (exact) mass is 382 g/mol. The Kier molecular flexibility index (Phi) is 4.43. The fourth-order valence-corrected chi connectivity index (χ4v) is 6.07. The van der Waals surface area contributed by atoms with Crippen LogP contribution in [0.5, 0.6) is 0 Å². The van der Waals surface area contributed by atoms with Crippen molar-refractivity contribution in [3.05, 3.63) is 35.4 Å². The van der Waals surface area contributed by atoms with Crippen LogP contribution in [0.4, 0.5) is 0 Å². The van der Waals surface area contributed by atoms with E-state index in [0.717, 1.165) is 51.9 Å². The van der Waals surface area contributed by atoms with E-state index in [2.05, 4.69) is 0 Å². The molecule has 6 heteroatoms. The Labute approximate surface area is 166 Å². The van der Waals surface area contributed by atoms with Crippen molar-refractivity contribution in [2.24, 2.45) is 35.1 Å². The molecule has 2 amide bonds. The summed E-state index contributed by atoms with van der Waals surface area (Å²) in [5, 5.41) is 0. The molecule has 5 rings (SSSR count). The number of nitrogens with zero attached hydrogens (tertiary/aromatic N) is 2. The predicted molar refractivity (Wildman–Crippen MR) is 107 cm³/mol. The fourth-order valence-electron chi connectivity index (χ4n) is 6.07. The number of carbonyl (C=O) groups excluding carboxylic acids is 2. The number of rotatable bonds is 2. The van der Waals surface area contributed by atoms with Crippen LogP contribution in [0.1, 0.15) is 46.4 Å². The minimum Gasteiger partial charge on any atom is -0.338 e. The van der Waals surface area contributed by atoms with Gasteiger partial charge < -0.3 is 21.3 Å². The summed E-state index contributed by atoms with van der Waals surface area (Å²) in [7, 11) is 0. The molecule has 6 atom stereocenters. The molecular formula is C22H30N4O2. The van der Waals surface area contributed by atoms with E-state index in [1.54, 1.807) is 24.3 Å². The topological polar surface area (TPSA) is 92.7 Å². The molecule has 2 heterocycles. The van der Waals surface area contributed by atoms with Gasteiger partial charge in [0.05, 0.1) is 0 Å². The van der Waals surface area contributed by atoms with Gasteiger partial charge in [0.2, 0.25) is 0 Å². The van der Waals surface area contributed by atoms with Gasteiger partial charge in [0.15, 0.2) is 0 Å². The lowest BCUT2D eigenvalue weighted by atomic mass is 9.98. The summed E-state index contributed by atoms with van der Waals surface area (Å²) in [6.07, 6.45) is 4.42. The number of carbonyl (C=O) groups is 2. The Morgan fingerprint density at radius 1 is 0.679 bits per heavy atom. The number of benzene rings is 1. The molecule has 2 aliphatic carbocycles. The molecule has 6 nitrogen and oxygen atoms in total. The average Bonchev–Trinajstić information content (AvgIpc) is 3.45. The number of nitrogens with two attached hydrogens (primary N) is 2. The highest BCUT2D eigenvalue weighted by Crippen LogP contribution is 2.38. The average molecular weight is 383 g/mol. The Morgan fingerprint density at radius 2 is 1.07 bits per heavy atom. The van der Waals surface area contributed by atoms with E-state index >= 15 is 0 Å². The molecule has 4 N–H and O–H groups in total. The Hall–Kier alpha value is -1.92. The van der Waals surface area contributed by atoms with E-state index in [1.165, 1.54) is 0 Å². The minimum absolute atomic E-state index is 0.0577. The quantitative estimate of drug-likeness (QED) is 0.806. The highest BCUT2D eigenvalue weighted by atomic mass is 16.2. The number of hydrogen-bond donors (Lipinski definition) is 2. The van der Waals surface area contributed by atoms with Crippen LogP contribution in [-0.4, -0.2) is 59.9 Å². The molecule has 28 heavy (non-hydrogen) atoms. The molecule has 0 spiro atoms. The van der Waals surface area contributed by atoms with Crippen LogP contribution < -0.4 is 11.5 Å². The molecular weight excluding hydrogens is 352 g/mol. The molecule has 150 valence electrons. The highest BCUT2D eigenvalue weighted by molar-refractivity contribution is 5.98. The number of fused-ring (bicyclic) bond motifs is 2. The van der Waals surface area contributed by atoms with Gasteiger partial charge in [0, 0.05) is 49.4 Å². The number of likely N-dealkylation sites (tertiary alicyclic amines) is 2. The van der Waals surface area contributed by atoms with Gasteiger partial charge in [-0.15, -0.1) is 0 Å². The van der Waals surface area contributed by atoms with E-state index in [1.807, 2.05) is 9.80 Å². The molecule has 4 fully saturated rings. The van der Waals surface area contributed by atoms with E-state index in [9.17, 15) is 9.59 Å². The fraction of sp³-hybridized carbons (Fsp3) is 0.636. The molecule has 0 bridgehead atoms. The molecule has 2 aliphatic heterocycles. The maximum Gasteiger partial charge on any atom is 0.253 e. The third-order valence-corrected chi connectivity index (χ3v) is 7.78. The van der Waals surface area contributed by atoms with Crippen LogP contribution in [0.2, 0.25) is 0 Å².